The molecule has 3 N–H and O–H groups in total. The topological polar surface area (TPSA) is 112 Å². The first-order valence-corrected chi connectivity index (χ1v) is 9.65. The molecule has 0 radical (unpaired) electrons. The van der Waals surface area contributed by atoms with Gasteiger partial charge in [-0.3, -0.25) is 20.1 Å². The van der Waals surface area contributed by atoms with Crippen molar-refractivity contribution >= 4 is 35.4 Å². The van der Waals surface area contributed by atoms with Crippen LogP contribution in [0.15, 0.2) is 65.5 Å². The minimum absolute atomic E-state index is 0.0236. The highest BCUT2D eigenvalue weighted by atomic mass is 16.2. The van der Waals surface area contributed by atoms with E-state index in [1.165, 1.54) is 6.33 Å². The highest BCUT2D eigenvalue weighted by Gasteiger charge is 2.40. The molecule has 2 aromatic rings. The molecular weight excluding hydrogens is 378 g/mol. The summed E-state index contributed by atoms with van der Waals surface area (Å²) in [7, 11) is 0. The fourth-order valence-electron chi connectivity index (χ4n) is 3.81. The van der Waals surface area contributed by atoms with Crippen LogP contribution < -0.4 is 15.5 Å². The number of hydrogen-bond donors (Lipinski definition) is 2. The van der Waals surface area contributed by atoms with E-state index in [0.29, 0.717) is 17.5 Å². The Morgan fingerprint density at radius 2 is 2.07 bits per heavy atom. The molecule has 30 heavy (non-hydrogen) atoms. The summed E-state index contributed by atoms with van der Waals surface area (Å²) < 4.78 is 0. The molecule has 0 fully saturated rings. The number of benzene rings is 1. The second kappa shape index (κ2) is 7.90. The van der Waals surface area contributed by atoms with E-state index in [1.807, 2.05) is 56.3 Å². The van der Waals surface area contributed by atoms with Gasteiger partial charge in [0.15, 0.2) is 0 Å². The Hall–Kier alpha value is -3.81. The number of carbonyl (C=O) groups is 1. The van der Waals surface area contributed by atoms with Crippen LogP contribution in [0.2, 0.25) is 0 Å². The molecule has 1 aromatic heterocycles. The maximum Gasteiger partial charge on any atom is 0.242 e. The molecule has 0 saturated carbocycles. The number of anilines is 3. The van der Waals surface area contributed by atoms with Crippen LogP contribution >= 0.6 is 0 Å². The fraction of sp³-hybridized carbons (Fsp3) is 0.227. The first-order valence-electron chi connectivity index (χ1n) is 9.65. The van der Waals surface area contributed by atoms with Gasteiger partial charge in [-0.15, -0.1) is 0 Å². The van der Waals surface area contributed by atoms with Crippen molar-refractivity contribution in [3.8, 4) is 0 Å². The van der Waals surface area contributed by atoms with Gasteiger partial charge in [-0.2, -0.15) is 0 Å². The molecule has 1 amide bonds. The van der Waals surface area contributed by atoms with E-state index in [0.717, 1.165) is 23.2 Å². The van der Waals surface area contributed by atoms with E-state index in [1.54, 1.807) is 15.9 Å². The predicted molar refractivity (Wildman–Crippen MR) is 119 cm³/mol. The second-order valence-electron chi connectivity index (χ2n) is 7.33. The lowest BCUT2D eigenvalue weighted by molar-refractivity contribution is -0.121. The Labute approximate surface area is 175 Å². The Morgan fingerprint density at radius 3 is 2.80 bits per heavy atom. The van der Waals surface area contributed by atoms with Gasteiger partial charge in [-0.05, 0) is 25.5 Å². The van der Waals surface area contributed by atoms with E-state index in [9.17, 15) is 4.79 Å². The first-order chi connectivity index (χ1) is 14.5. The molecule has 8 heteroatoms. The number of amides is 1. The fourth-order valence-corrected chi connectivity index (χ4v) is 3.81. The zero-order chi connectivity index (χ0) is 21.3. The Kier molecular flexibility index (Phi) is 5.14. The van der Waals surface area contributed by atoms with E-state index < -0.39 is 0 Å². The number of allylic oxidation sites excluding steroid dienone is 2. The van der Waals surface area contributed by atoms with Crippen molar-refractivity contribution in [2.24, 2.45) is 10.9 Å². The number of rotatable bonds is 5. The standard InChI is InChI=1S/C22H23N7O/c1-14-6-3-4-9-17(14)29-20(11-28(12-23)19-10-18(24)25-13-26-19)27-16-8-5-7-15(2)21(16)22(29)30/h3-10,12-13,16,21,23H,11H2,1-2H3,(H2,24,25,26). The number of aryl methyl sites for hydroxylation is 1. The van der Waals surface area contributed by atoms with Gasteiger partial charge in [0.05, 0.1) is 30.5 Å². The molecule has 1 aromatic carbocycles. The van der Waals surface area contributed by atoms with Crippen molar-refractivity contribution in [2.45, 2.75) is 19.9 Å². The summed E-state index contributed by atoms with van der Waals surface area (Å²) in [6, 6.07) is 9.05. The third kappa shape index (κ3) is 3.47. The molecule has 152 valence electrons. The van der Waals surface area contributed by atoms with Crippen LogP contribution in [0.5, 0.6) is 0 Å². The molecule has 8 nitrogen and oxygen atoms in total. The first kappa shape index (κ1) is 19.5. The maximum absolute atomic E-state index is 13.6. The van der Waals surface area contributed by atoms with Crippen molar-refractivity contribution < 1.29 is 4.79 Å². The van der Waals surface area contributed by atoms with Gasteiger partial charge in [0, 0.05) is 6.07 Å². The number of nitrogens with zero attached hydrogens (tertiary/aromatic N) is 5. The maximum atomic E-state index is 13.6. The number of nitrogens with one attached hydrogen (secondary N) is 1. The average molecular weight is 401 g/mol. The highest BCUT2D eigenvalue weighted by molar-refractivity contribution is 6.22. The van der Waals surface area contributed by atoms with Crippen molar-refractivity contribution in [2.75, 3.05) is 22.1 Å². The zero-order valence-corrected chi connectivity index (χ0v) is 16.9. The Morgan fingerprint density at radius 1 is 1.27 bits per heavy atom. The normalized spacial score (nSPS) is 20.3. The molecule has 2 aliphatic rings. The SMILES string of the molecule is CC1=CC=CC2N=C(CN(C=N)c3cc(N)ncn3)N(c3ccccc3C)C(=O)C12. The number of aliphatic imine (C=N–C) groups is 1. The summed E-state index contributed by atoms with van der Waals surface area (Å²) in [5.74, 6) is 0.969. The van der Waals surface area contributed by atoms with Crippen LogP contribution in [-0.4, -0.2) is 40.6 Å². The number of nitrogens with two attached hydrogens (primary N) is 1. The van der Waals surface area contributed by atoms with Gasteiger partial charge in [0.1, 0.15) is 23.8 Å². The summed E-state index contributed by atoms with van der Waals surface area (Å²) in [6.07, 6.45) is 8.35. The number of para-hydroxylation sites is 1. The molecule has 1 aliphatic heterocycles. The van der Waals surface area contributed by atoms with Crippen LogP contribution in [0.3, 0.4) is 0 Å². The lowest BCUT2D eigenvalue weighted by Crippen LogP contribution is -2.53. The Balaban J connectivity index is 1.79. The van der Waals surface area contributed by atoms with Crippen molar-refractivity contribution in [1.29, 1.82) is 5.41 Å². The van der Waals surface area contributed by atoms with Gasteiger partial charge in [-0.25, -0.2) is 9.97 Å². The number of fused-ring (bicyclic) bond motifs is 1. The van der Waals surface area contributed by atoms with E-state index in [-0.39, 0.29) is 24.4 Å². The molecule has 0 bridgehead atoms. The summed E-state index contributed by atoms with van der Waals surface area (Å²) in [5.41, 5.74) is 8.53. The number of hydrogen-bond acceptors (Lipinski definition) is 6. The quantitative estimate of drug-likeness (QED) is 0.591. The summed E-state index contributed by atoms with van der Waals surface area (Å²) >= 11 is 0. The number of nitrogen functional groups attached to an aromatic ring is 1. The lowest BCUT2D eigenvalue weighted by Gasteiger charge is -2.38. The molecule has 4 rings (SSSR count). The molecule has 0 spiro atoms. The number of amidine groups is 1. The van der Waals surface area contributed by atoms with Crippen LogP contribution in [0.1, 0.15) is 12.5 Å². The van der Waals surface area contributed by atoms with E-state index in [2.05, 4.69) is 9.97 Å². The number of carbonyl (C=O) groups excluding carboxylic acids is 1. The summed E-state index contributed by atoms with van der Waals surface area (Å²) in [5, 5.41) is 7.88. The van der Waals surface area contributed by atoms with Crippen LogP contribution in [0.4, 0.5) is 17.3 Å². The minimum atomic E-state index is -0.332. The zero-order valence-electron chi connectivity index (χ0n) is 16.9. The lowest BCUT2D eigenvalue weighted by atomic mass is 9.85. The third-order valence-electron chi connectivity index (χ3n) is 5.33. The number of aromatic nitrogens is 2. The van der Waals surface area contributed by atoms with Crippen molar-refractivity contribution in [3.63, 3.8) is 0 Å². The average Bonchev–Trinajstić information content (AvgIpc) is 2.73. The van der Waals surface area contributed by atoms with Gasteiger partial charge >= 0.3 is 0 Å². The molecular formula is C22H23N7O. The van der Waals surface area contributed by atoms with Gasteiger partial charge in [0.25, 0.3) is 0 Å². The third-order valence-corrected chi connectivity index (χ3v) is 5.33. The van der Waals surface area contributed by atoms with E-state index >= 15 is 0 Å². The van der Waals surface area contributed by atoms with Crippen molar-refractivity contribution in [3.05, 3.63) is 66.0 Å². The summed E-state index contributed by atoms with van der Waals surface area (Å²) in [6.45, 7) is 4.12. The second-order valence-corrected chi connectivity index (χ2v) is 7.33. The molecule has 0 saturated heterocycles. The largest absolute Gasteiger partial charge is 0.384 e. The smallest absolute Gasteiger partial charge is 0.242 e. The van der Waals surface area contributed by atoms with Crippen molar-refractivity contribution in [1.82, 2.24) is 9.97 Å². The van der Waals surface area contributed by atoms with Crippen LogP contribution in [-0.2, 0) is 4.79 Å². The minimum Gasteiger partial charge on any atom is -0.384 e. The van der Waals surface area contributed by atoms with Gasteiger partial charge in [-0.1, -0.05) is 42.0 Å². The predicted octanol–water partition coefficient (Wildman–Crippen LogP) is 2.73. The van der Waals surface area contributed by atoms with Crippen LogP contribution in [0, 0.1) is 18.3 Å². The highest BCUT2D eigenvalue weighted by Crippen LogP contribution is 2.33. The van der Waals surface area contributed by atoms with Gasteiger partial charge in [0.2, 0.25) is 5.91 Å². The van der Waals surface area contributed by atoms with Gasteiger partial charge < -0.3 is 10.6 Å². The Bertz CT molecular complexity index is 1090. The van der Waals surface area contributed by atoms with E-state index in [4.69, 9.17) is 16.1 Å². The molecule has 2 unspecified atom stereocenters. The van der Waals surface area contributed by atoms with Crippen LogP contribution in [0.25, 0.3) is 0 Å². The molecule has 2 heterocycles. The molecule has 1 aliphatic carbocycles. The monoisotopic (exact) mass is 401 g/mol. The molecule has 2 atom stereocenters. The summed E-state index contributed by atoms with van der Waals surface area (Å²) in [4.78, 5) is 29.9.